The summed E-state index contributed by atoms with van der Waals surface area (Å²) in [6.45, 7) is 3.23. The lowest BCUT2D eigenvalue weighted by atomic mass is 9.72. The zero-order valence-corrected chi connectivity index (χ0v) is 16.8. The first kappa shape index (κ1) is 19.7. The van der Waals surface area contributed by atoms with E-state index in [0.717, 1.165) is 24.2 Å². The molecule has 8 bridgehead atoms. The standard InChI is InChI=1S/C22H30O7/c1-21-6-8-22(9-7-21,27-11-10-23)20(24)14-2-4-15(5-3-14)28-16-12-25-19-17(29-21)13-26-18(16)19/h2-5,16-20,23-24H,6-13H2,1H3/t16-,17-,18?,19?,20?,21?,22?/m0/s1. The summed E-state index contributed by atoms with van der Waals surface area (Å²) in [5.74, 6) is 0.722. The Labute approximate surface area is 170 Å². The summed E-state index contributed by atoms with van der Waals surface area (Å²) < 4.78 is 30.8. The molecule has 0 aromatic heterocycles. The van der Waals surface area contributed by atoms with Crippen LogP contribution in [-0.2, 0) is 18.9 Å². The predicted octanol–water partition coefficient (Wildman–Crippen LogP) is 1.74. The van der Waals surface area contributed by atoms with Gasteiger partial charge in [-0.2, -0.15) is 0 Å². The molecule has 6 aliphatic rings. The first-order valence-corrected chi connectivity index (χ1v) is 10.6. The van der Waals surface area contributed by atoms with Gasteiger partial charge in [0.15, 0.2) is 6.10 Å². The van der Waals surface area contributed by atoms with Gasteiger partial charge in [-0.05, 0) is 50.3 Å². The minimum absolute atomic E-state index is 0.0732. The number of hydrogen-bond acceptors (Lipinski definition) is 7. The lowest BCUT2D eigenvalue weighted by Crippen LogP contribution is -2.50. The summed E-state index contributed by atoms with van der Waals surface area (Å²) in [4.78, 5) is 0. The molecule has 1 aliphatic carbocycles. The first-order valence-electron chi connectivity index (χ1n) is 10.6. The van der Waals surface area contributed by atoms with Crippen molar-refractivity contribution in [2.24, 2.45) is 0 Å². The van der Waals surface area contributed by atoms with E-state index < -0.39 is 11.7 Å². The summed E-state index contributed by atoms with van der Waals surface area (Å²) in [6, 6.07) is 7.53. The highest BCUT2D eigenvalue weighted by atomic mass is 16.6. The molecule has 7 heteroatoms. The molecule has 5 aliphatic heterocycles. The Morgan fingerprint density at radius 2 is 1.66 bits per heavy atom. The molecule has 0 spiro atoms. The zero-order chi connectivity index (χ0) is 20.1. The second-order valence-corrected chi connectivity index (χ2v) is 8.97. The van der Waals surface area contributed by atoms with Crippen molar-refractivity contribution in [3.63, 3.8) is 0 Å². The fourth-order valence-corrected chi connectivity index (χ4v) is 5.27. The van der Waals surface area contributed by atoms with Crippen LogP contribution in [0.1, 0.15) is 44.3 Å². The second-order valence-electron chi connectivity index (χ2n) is 8.97. The molecule has 3 fully saturated rings. The van der Waals surface area contributed by atoms with Crippen molar-refractivity contribution in [1.29, 1.82) is 0 Å². The highest BCUT2D eigenvalue weighted by molar-refractivity contribution is 5.30. The maximum absolute atomic E-state index is 11.2. The van der Waals surface area contributed by atoms with E-state index in [0.29, 0.717) is 26.1 Å². The van der Waals surface area contributed by atoms with Gasteiger partial charge in [-0.3, -0.25) is 0 Å². The highest BCUT2D eigenvalue weighted by Gasteiger charge is 2.53. The van der Waals surface area contributed by atoms with Crippen LogP contribution in [0.5, 0.6) is 5.75 Å². The summed E-state index contributed by atoms with van der Waals surface area (Å²) in [5.41, 5.74) is -0.285. The van der Waals surface area contributed by atoms with Gasteiger partial charge in [0, 0.05) is 0 Å². The molecule has 2 saturated heterocycles. The quantitative estimate of drug-likeness (QED) is 0.791. The van der Waals surface area contributed by atoms with Crippen molar-refractivity contribution in [1.82, 2.24) is 0 Å². The third kappa shape index (κ3) is 3.48. The Kier molecular flexibility index (Phi) is 5.09. The Bertz CT molecular complexity index is 712. The molecule has 1 saturated carbocycles. The Morgan fingerprint density at radius 1 is 1.00 bits per heavy atom. The minimum atomic E-state index is -0.780. The molecule has 2 N–H and O–H groups in total. The Hall–Kier alpha value is -1.22. The van der Waals surface area contributed by atoms with Gasteiger partial charge in [-0.15, -0.1) is 0 Å². The average Bonchev–Trinajstić information content (AvgIpc) is 3.31. The van der Waals surface area contributed by atoms with Gasteiger partial charge in [0.05, 0.1) is 37.6 Å². The molecule has 0 amide bonds. The minimum Gasteiger partial charge on any atom is -0.485 e. The highest BCUT2D eigenvalue weighted by Crippen LogP contribution is 2.47. The van der Waals surface area contributed by atoms with Crippen molar-refractivity contribution >= 4 is 0 Å². The average molecular weight is 406 g/mol. The molecule has 1 aromatic carbocycles. The number of aliphatic hydroxyl groups is 2. The van der Waals surface area contributed by atoms with Crippen molar-refractivity contribution < 1.29 is 33.9 Å². The van der Waals surface area contributed by atoms with E-state index in [2.05, 4.69) is 6.92 Å². The fraction of sp³-hybridized carbons (Fsp3) is 0.727. The summed E-state index contributed by atoms with van der Waals surface area (Å²) in [5, 5.41) is 20.6. The van der Waals surface area contributed by atoms with Gasteiger partial charge in [0.25, 0.3) is 0 Å². The monoisotopic (exact) mass is 406 g/mol. The molecular weight excluding hydrogens is 376 g/mol. The van der Waals surface area contributed by atoms with Crippen LogP contribution in [0.4, 0.5) is 0 Å². The van der Waals surface area contributed by atoms with E-state index in [1.807, 2.05) is 24.3 Å². The van der Waals surface area contributed by atoms with E-state index in [1.54, 1.807) is 0 Å². The first-order chi connectivity index (χ1) is 14.0. The van der Waals surface area contributed by atoms with Crippen molar-refractivity contribution in [3.8, 4) is 5.75 Å². The molecule has 1 aromatic rings. The SMILES string of the molecule is CC12CCC(OCCO)(CC1)C(O)c1ccc(cc1)O[C@H]1COC3C1OC[C@@H]3O2. The predicted molar refractivity (Wildman–Crippen MR) is 103 cm³/mol. The Balaban J connectivity index is 1.49. The normalized spacial score (nSPS) is 43.8. The largest absolute Gasteiger partial charge is 0.485 e. The van der Waals surface area contributed by atoms with Crippen LogP contribution in [-0.4, -0.2) is 72.3 Å². The molecule has 160 valence electrons. The van der Waals surface area contributed by atoms with Crippen LogP contribution >= 0.6 is 0 Å². The molecule has 29 heavy (non-hydrogen) atoms. The molecule has 7 nitrogen and oxygen atoms in total. The zero-order valence-electron chi connectivity index (χ0n) is 16.8. The number of aliphatic hydroxyl groups excluding tert-OH is 2. The molecule has 0 radical (unpaired) electrons. The number of hydrogen-bond donors (Lipinski definition) is 2. The van der Waals surface area contributed by atoms with Crippen molar-refractivity contribution in [2.75, 3.05) is 26.4 Å². The van der Waals surface area contributed by atoms with Crippen LogP contribution in [0.15, 0.2) is 24.3 Å². The van der Waals surface area contributed by atoms with E-state index in [-0.39, 0.29) is 43.2 Å². The third-order valence-electron chi connectivity index (χ3n) is 7.01. The van der Waals surface area contributed by atoms with E-state index in [1.165, 1.54) is 0 Å². The second kappa shape index (κ2) is 7.48. The van der Waals surface area contributed by atoms with Crippen LogP contribution in [0.2, 0.25) is 0 Å². The third-order valence-corrected chi connectivity index (χ3v) is 7.01. The van der Waals surface area contributed by atoms with Crippen molar-refractivity contribution in [2.45, 2.75) is 74.3 Å². The fourth-order valence-electron chi connectivity index (χ4n) is 5.27. The summed E-state index contributed by atoms with van der Waals surface area (Å²) >= 11 is 0. The molecule has 7 rings (SSSR count). The smallest absolute Gasteiger partial charge is 0.151 e. The van der Waals surface area contributed by atoms with Gasteiger partial charge in [-0.25, -0.2) is 0 Å². The van der Waals surface area contributed by atoms with Gasteiger partial charge >= 0.3 is 0 Å². The number of fused-ring (bicyclic) bond motifs is 2. The topological polar surface area (TPSA) is 86.6 Å². The summed E-state index contributed by atoms with van der Waals surface area (Å²) in [6.07, 6.45) is 1.47. The van der Waals surface area contributed by atoms with Crippen LogP contribution in [0.25, 0.3) is 0 Å². The van der Waals surface area contributed by atoms with E-state index >= 15 is 0 Å². The van der Waals surface area contributed by atoms with Gasteiger partial charge in [0.1, 0.15) is 30.2 Å². The van der Waals surface area contributed by atoms with Crippen molar-refractivity contribution in [3.05, 3.63) is 29.8 Å². The lowest BCUT2D eigenvalue weighted by molar-refractivity contribution is -0.198. The maximum Gasteiger partial charge on any atom is 0.151 e. The molecular formula is C22H30O7. The van der Waals surface area contributed by atoms with Crippen LogP contribution in [0, 0.1) is 0 Å². The molecule has 3 unspecified atom stereocenters. The van der Waals surface area contributed by atoms with Gasteiger partial charge in [0.2, 0.25) is 0 Å². The molecule has 5 atom stereocenters. The lowest BCUT2D eigenvalue weighted by Gasteiger charge is -2.47. The van der Waals surface area contributed by atoms with E-state index in [9.17, 15) is 10.2 Å². The Morgan fingerprint density at radius 3 is 2.34 bits per heavy atom. The van der Waals surface area contributed by atoms with Crippen LogP contribution < -0.4 is 4.74 Å². The number of rotatable bonds is 3. The van der Waals surface area contributed by atoms with Crippen LogP contribution in [0.3, 0.4) is 0 Å². The maximum atomic E-state index is 11.2. The van der Waals surface area contributed by atoms with Gasteiger partial charge in [-0.1, -0.05) is 12.1 Å². The number of benzene rings is 1. The van der Waals surface area contributed by atoms with Gasteiger partial charge < -0.3 is 33.9 Å². The number of ether oxygens (including phenoxy) is 5. The molecule has 5 heterocycles. The van der Waals surface area contributed by atoms with E-state index in [4.69, 9.17) is 23.7 Å². The summed E-state index contributed by atoms with van der Waals surface area (Å²) in [7, 11) is 0.